The van der Waals surface area contributed by atoms with E-state index in [0.29, 0.717) is 13.2 Å². The van der Waals surface area contributed by atoms with Gasteiger partial charge >= 0.3 is 0 Å². The summed E-state index contributed by atoms with van der Waals surface area (Å²) in [5.41, 5.74) is -0.381. The Kier molecular flexibility index (Phi) is 2.22. The molecule has 0 aromatic heterocycles. The first-order valence-electron chi connectivity index (χ1n) is 3.48. The lowest BCUT2D eigenvalue weighted by atomic mass is 10.0. The van der Waals surface area contributed by atoms with Gasteiger partial charge in [0.1, 0.15) is 0 Å². The van der Waals surface area contributed by atoms with Crippen LogP contribution >= 0.6 is 0 Å². The van der Waals surface area contributed by atoms with E-state index in [9.17, 15) is 8.42 Å². The molecule has 1 atom stereocenters. The van der Waals surface area contributed by atoms with Gasteiger partial charge in [-0.2, -0.15) is 0 Å². The van der Waals surface area contributed by atoms with Crippen molar-refractivity contribution in [1.29, 1.82) is 0 Å². The molecular weight excluding hydrogens is 166 g/mol. The van der Waals surface area contributed by atoms with Crippen LogP contribution in [0.4, 0.5) is 0 Å². The fraction of sp³-hybridized carbons (Fsp3) is 1.00. The molecule has 1 fully saturated rings. The summed E-state index contributed by atoms with van der Waals surface area (Å²) in [6, 6.07) is 0. The van der Waals surface area contributed by atoms with E-state index in [1.807, 2.05) is 6.92 Å². The number of hydrogen-bond acceptors (Lipinski definition) is 3. The van der Waals surface area contributed by atoms with Crippen molar-refractivity contribution in [3.05, 3.63) is 0 Å². The highest BCUT2D eigenvalue weighted by molar-refractivity contribution is 7.88. The second-order valence-corrected chi connectivity index (χ2v) is 4.99. The van der Waals surface area contributed by atoms with Crippen molar-refractivity contribution in [2.45, 2.75) is 18.9 Å². The van der Waals surface area contributed by atoms with Crippen LogP contribution < -0.4 is 4.72 Å². The highest BCUT2D eigenvalue weighted by Gasteiger charge is 2.32. The monoisotopic (exact) mass is 179 g/mol. The first-order valence-corrected chi connectivity index (χ1v) is 5.37. The molecule has 4 nitrogen and oxygen atoms in total. The Morgan fingerprint density at radius 1 is 1.55 bits per heavy atom. The number of rotatable bonds is 2. The summed E-state index contributed by atoms with van der Waals surface area (Å²) >= 11 is 0. The lowest BCUT2D eigenvalue weighted by Crippen LogP contribution is -2.45. The van der Waals surface area contributed by atoms with Gasteiger partial charge in [-0.25, -0.2) is 13.1 Å². The highest BCUT2D eigenvalue weighted by atomic mass is 32.2. The van der Waals surface area contributed by atoms with Crippen LogP contribution in [0.1, 0.15) is 13.3 Å². The lowest BCUT2D eigenvalue weighted by Gasteiger charge is -2.21. The second kappa shape index (κ2) is 2.73. The van der Waals surface area contributed by atoms with Crippen LogP contribution in [0.15, 0.2) is 0 Å². The summed E-state index contributed by atoms with van der Waals surface area (Å²) in [5, 5.41) is 0. The number of hydrogen-bond donors (Lipinski definition) is 1. The zero-order chi connectivity index (χ0) is 8.54. The molecular formula is C6H13NO3S. The van der Waals surface area contributed by atoms with Gasteiger partial charge in [-0.3, -0.25) is 0 Å². The standard InChI is InChI=1S/C6H13NO3S/c1-6(3-4-10-5-6)7-11(2,8)9/h7H,3-5H2,1-2H3. The predicted molar refractivity (Wildman–Crippen MR) is 41.8 cm³/mol. The maximum atomic E-state index is 10.8. The Morgan fingerprint density at radius 2 is 2.18 bits per heavy atom. The molecule has 1 unspecified atom stereocenters. The van der Waals surface area contributed by atoms with Gasteiger partial charge in [0.15, 0.2) is 0 Å². The summed E-state index contributed by atoms with van der Waals surface area (Å²) in [5.74, 6) is 0. The predicted octanol–water partition coefficient (Wildman–Crippen LogP) is -0.285. The molecule has 66 valence electrons. The summed E-state index contributed by atoms with van der Waals surface area (Å²) < 4.78 is 29.3. The zero-order valence-electron chi connectivity index (χ0n) is 6.75. The van der Waals surface area contributed by atoms with Gasteiger partial charge in [-0.1, -0.05) is 0 Å². The van der Waals surface area contributed by atoms with E-state index in [4.69, 9.17) is 4.74 Å². The number of nitrogens with one attached hydrogen (secondary N) is 1. The molecule has 1 N–H and O–H groups in total. The van der Waals surface area contributed by atoms with Crippen LogP contribution in [-0.2, 0) is 14.8 Å². The average molecular weight is 179 g/mol. The van der Waals surface area contributed by atoms with E-state index in [2.05, 4.69) is 4.72 Å². The zero-order valence-corrected chi connectivity index (χ0v) is 7.57. The van der Waals surface area contributed by atoms with Crippen molar-refractivity contribution >= 4 is 10.0 Å². The Bertz CT molecular complexity index is 228. The molecule has 0 radical (unpaired) electrons. The molecule has 1 saturated heterocycles. The quantitative estimate of drug-likeness (QED) is 0.634. The molecule has 0 amide bonds. The third-order valence-electron chi connectivity index (χ3n) is 1.65. The minimum absolute atomic E-state index is 0.381. The van der Waals surface area contributed by atoms with Gasteiger partial charge < -0.3 is 4.74 Å². The fourth-order valence-corrected chi connectivity index (χ4v) is 2.25. The van der Waals surface area contributed by atoms with E-state index in [1.54, 1.807) is 0 Å². The minimum atomic E-state index is -3.10. The summed E-state index contributed by atoms with van der Waals surface area (Å²) in [7, 11) is -3.10. The van der Waals surface area contributed by atoms with E-state index in [-0.39, 0.29) is 5.54 Å². The third kappa shape index (κ3) is 2.76. The van der Waals surface area contributed by atoms with Crippen LogP contribution in [0.5, 0.6) is 0 Å². The smallest absolute Gasteiger partial charge is 0.209 e. The number of ether oxygens (including phenoxy) is 1. The topological polar surface area (TPSA) is 55.4 Å². The van der Waals surface area contributed by atoms with Crippen LogP contribution in [0.3, 0.4) is 0 Å². The van der Waals surface area contributed by atoms with E-state index < -0.39 is 10.0 Å². The first-order chi connectivity index (χ1) is 4.91. The first kappa shape index (κ1) is 8.96. The Balaban J connectivity index is 2.60. The second-order valence-electron chi connectivity index (χ2n) is 3.24. The summed E-state index contributed by atoms with van der Waals surface area (Å²) in [4.78, 5) is 0. The molecule has 0 aliphatic carbocycles. The SMILES string of the molecule is CC1(NS(C)(=O)=O)CCOC1. The summed E-state index contributed by atoms with van der Waals surface area (Å²) in [6.45, 7) is 2.96. The van der Waals surface area contributed by atoms with Crippen molar-refractivity contribution in [2.75, 3.05) is 19.5 Å². The maximum Gasteiger partial charge on any atom is 0.209 e. The Labute approximate surface area is 67.0 Å². The van der Waals surface area contributed by atoms with Gasteiger partial charge in [0.25, 0.3) is 0 Å². The fourth-order valence-electron chi connectivity index (χ4n) is 1.20. The third-order valence-corrected chi connectivity index (χ3v) is 2.51. The molecule has 0 spiro atoms. The Hall–Kier alpha value is -0.130. The van der Waals surface area contributed by atoms with Crippen LogP contribution in [0.2, 0.25) is 0 Å². The van der Waals surface area contributed by atoms with Gasteiger partial charge in [-0.05, 0) is 13.3 Å². The molecule has 0 bridgehead atoms. The van der Waals surface area contributed by atoms with Gasteiger partial charge in [0.05, 0.1) is 18.4 Å². The van der Waals surface area contributed by atoms with Crippen LogP contribution in [-0.4, -0.2) is 33.4 Å². The lowest BCUT2D eigenvalue weighted by molar-refractivity contribution is 0.178. The number of sulfonamides is 1. The van der Waals surface area contributed by atoms with Gasteiger partial charge in [0, 0.05) is 6.61 Å². The van der Waals surface area contributed by atoms with Crippen LogP contribution in [0, 0.1) is 0 Å². The average Bonchev–Trinajstić information content (AvgIpc) is 2.09. The molecule has 1 heterocycles. The molecule has 5 heteroatoms. The molecule has 11 heavy (non-hydrogen) atoms. The normalized spacial score (nSPS) is 32.5. The van der Waals surface area contributed by atoms with Crippen LogP contribution in [0.25, 0.3) is 0 Å². The van der Waals surface area contributed by atoms with Crippen molar-refractivity contribution < 1.29 is 13.2 Å². The van der Waals surface area contributed by atoms with E-state index in [0.717, 1.165) is 12.7 Å². The molecule has 1 aliphatic rings. The van der Waals surface area contributed by atoms with Crippen molar-refractivity contribution in [3.8, 4) is 0 Å². The molecule has 0 aromatic rings. The summed E-state index contributed by atoms with van der Waals surface area (Å²) in [6.07, 6.45) is 1.91. The van der Waals surface area contributed by atoms with Gasteiger partial charge in [-0.15, -0.1) is 0 Å². The van der Waals surface area contributed by atoms with E-state index >= 15 is 0 Å². The van der Waals surface area contributed by atoms with Gasteiger partial charge in [0.2, 0.25) is 10.0 Å². The van der Waals surface area contributed by atoms with Crippen molar-refractivity contribution in [3.63, 3.8) is 0 Å². The molecule has 0 aromatic carbocycles. The van der Waals surface area contributed by atoms with Crippen molar-refractivity contribution in [1.82, 2.24) is 4.72 Å². The molecule has 0 saturated carbocycles. The minimum Gasteiger partial charge on any atom is -0.379 e. The Morgan fingerprint density at radius 3 is 2.55 bits per heavy atom. The largest absolute Gasteiger partial charge is 0.379 e. The molecule has 1 aliphatic heterocycles. The van der Waals surface area contributed by atoms with Crippen molar-refractivity contribution in [2.24, 2.45) is 0 Å². The molecule has 1 rings (SSSR count). The van der Waals surface area contributed by atoms with E-state index in [1.165, 1.54) is 0 Å². The highest BCUT2D eigenvalue weighted by Crippen LogP contribution is 2.17. The maximum absolute atomic E-state index is 10.8.